The molecule has 1 aromatic rings. The Morgan fingerprint density at radius 2 is 1.92 bits per heavy atom. The molecule has 2 rings (SSSR count). The number of hydrogen-bond acceptors (Lipinski definition) is 8. The maximum atomic E-state index is 12.0. The van der Waals surface area contributed by atoms with Gasteiger partial charge >= 0.3 is 5.97 Å². The van der Waals surface area contributed by atoms with E-state index >= 15 is 0 Å². The van der Waals surface area contributed by atoms with Crippen molar-refractivity contribution in [3.8, 4) is 0 Å². The van der Waals surface area contributed by atoms with Crippen LogP contribution in [0.3, 0.4) is 0 Å². The fourth-order valence-corrected chi connectivity index (χ4v) is 3.73. The predicted molar refractivity (Wildman–Crippen MR) is 94.5 cm³/mol. The second-order valence-corrected chi connectivity index (χ2v) is 7.61. The molecule has 0 aromatic heterocycles. The molecule has 1 aromatic carbocycles. The van der Waals surface area contributed by atoms with Crippen molar-refractivity contribution in [2.75, 3.05) is 6.61 Å². The Labute approximate surface area is 156 Å². The highest BCUT2D eigenvalue weighted by atomic mass is 32.2. The third kappa shape index (κ3) is 5.05. The average molecular weight is 384 g/mol. The van der Waals surface area contributed by atoms with Gasteiger partial charge in [-0.25, -0.2) is 0 Å². The number of thioether (sulfide) groups is 1. The van der Waals surface area contributed by atoms with Crippen LogP contribution in [0.5, 0.6) is 0 Å². The number of Topliss-reactive ketones (excluding diaryl/α,β-unsaturated/α-hetero) is 1. The molecule has 0 spiro atoms. The molecule has 0 saturated carbocycles. The number of esters is 1. The minimum absolute atomic E-state index is 0.0198. The second-order valence-electron chi connectivity index (χ2n) is 6.44. The van der Waals surface area contributed by atoms with E-state index in [4.69, 9.17) is 9.47 Å². The van der Waals surface area contributed by atoms with Gasteiger partial charge in [0.2, 0.25) is 0 Å². The van der Waals surface area contributed by atoms with E-state index in [0.29, 0.717) is 0 Å². The number of aliphatic hydroxyl groups excluding tert-OH is 2. The predicted octanol–water partition coefficient (Wildman–Crippen LogP) is 0.889. The fraction of sp³-hybridized carbons (Fsp3) is 0.556. The summed E-state index contributed by atoms with van der Waals surface area (Å²) in [6, 6.07) is 9.17. The number of ether oxygens (including phenoxy) is 2. The Hall–Kier alpha value is -1.45. The Bertz CT molecular complexity index is 619. The number of ketones is 1. The minimum atomic E-state index is -1.78. The maximum absolute atomic E-state index is 12.0. The van der Waals surface area contributed by atoms with Crippen molar-refractivity contribution >= 4 is 23.5 Å². The summed E-state index contributed by atoms with van der Waals surface area (Å²) >= 11 is 1.20. The van der Waals surface area contributed by atoms with Crippen LogP contribution in [-0.4, -0.2) is 63.0 Å². The molecule has 7 nitrogen and oxygen atoms in total. The zero-order valence-electron chi connectivity index (χ0n) is 14.7. The van der Waals surface area contributed by atoms with Crippen molar-refractivity contribution in [3.05, 3.63) is 30.3 Å². The number of rotatable bonds is 7. The van der Waals surface area contributed by atoms with Gasteiger partial charge in [-0.2, -0.15) is 0 Å². The largest absolute Gasteiger partial charge is 0.456 e. The Morgan fingerprint density at radius 3 is 2.50 bits per heavy atom. The van der Waals surface area contributed by atoms with Gasteiger partial charge in [-0.05, 0) is 26.0 Å². The first-order chi connectivity index (χ1) is 12.3. The molecule has 1 fully saturated rings. The van der Waals surface area contributed by atoms with Gasteiger partial charge in [0.15, 0.2) is 6.10 Å². The smallest absolute Gasteiger partial charge is 0.306 e. The van der Waals surface area contributed by atoms with Crippen LogP contribution in [0.25, 0.3) is 0 Å². The van der Waals surface area contributed by atoms with Gasteiger partial charge in [-0.1, -0.05) is 30.0 Å². The normalized spacial score (nSPS) is 31.4. The topological polar surface area (TPSA) is 113 Å². The van der Waals surface area contributed by atoms with Gasteiger partial charge in [0, 0.05) is 11.3 Å². The second kappa shape index (κ2) is 8.96. The molecular formula is C18H24O7S. The van der Waals surface area contributed by atoms with Crippen LogP contribution in [0.2, 0.25) is 0 Å². The summed E-state index contributed by atoms with van der Waals surface area (Å²) in [7, 11) is 0. The molecule has 26 heavy (non-hydrogen) atoms. The Morgan fingerprint density at radius 1 is 1.27 bits per heavy atom. The SMILES string of the molecule is CC(=O)CCC(=O)O[C@@H]1[C@@H](O)[C@H](Sc2ccccc2)O[C@H](CO)[C@@]1(C)O. The van der Waals surface area contributed by atoms with Crippen molar-refractivity contribution in [3.63, 3.8) is 0 Å². The number of carbonyl (C=O) groups excluding carboxylic acids is 2. The van der Waals surface area contributed by atoms with Gasteiger partial charge in [0.05, 0.1) is 13.0 Å². The van der Waals surface area contributed by atoms with E-state index in [0.717, 1.165) is 4.90 Å². The van der Waals surface area contributed by atoms with E-state index in [-0.39, 0.29) is 18.6 Å². The van der Waals surface area contributed by atoms with Crippen LogP contribution < -0.4 is 0 Å². The van der Waals surface area contributed by atoms with Crippen LogP contribution in [0.15, 0.2) is 35.2 Å². The quantitative estimate of drug-likeness (QED) is 0.594. The molecule has 1 saturated heterocycles. The van der Waals surface area contributed by atoms with Gasteiger partial charge in [-0.15, -0.1) is 0 Å². The highest BCUT2D eigenvalue weighted by molar-refractivity contribution is 7.99. The van der Waals surface area contributed by atoms with Crippen LogP contribution in [-0.2, 0) is 19.1 Å². The number of hydrogen-bond donors (Lipinski definition) is 3. The molecule has 0 amide bonds. The molecule has 1 aliphatic heterocycles. The third-order valence-electron chi connectivity index (χ3n) is 4.22. The molecule has 0 bridgehead atoms. The van der Waals surface area contributed by atoms with Crippen molar-refractivity contribution in [1.29, 1.82) is 0 Å². The summed E-state index contributed by atoms with van der Waals surface area (Å²) < 4.78 is 10.9. The Kier molecular flexibility index (Phi) is 7.19. The zero-order chi connectivity index (χ0) is 19.3. The fourth-order valence-electron chi connectivity index (χ4n) is 2.68. The number of aliphatic hydroxyl groups is 3. The molecule has 1 heterocycles. The number of benzene rings is 1. The monoisotopic (exact) mass is 384 g/mol. The van der Waals surface area contributed by atoms with Crippen LogP contribution >= 0.6 is 11.8 Å². The zero-order valence-corrected chi connectivity index (χ0v) is 15.5. The van der Waals surface area contributed by atoms with Crippen molar-refractivity contribution < 1.29 is 34.4 Å². The molecule has 144 valence electrons. The van der Waals surface area contributed by atoms with E-state index in [1.165, 1.54) is 25.6 Å². The van der Waals surface area contributed by atoms with E-state index in [2.05, 4.69) is 0 Å². The highest BCUT2D eigenvalue weighted by Crippen LogP contribution is 2.38. The lowest BCUT2D eigenvalue weighted by molar-refractivity contribution is -0.258. The molecule has 5 atom stereocenters. The minimum Gasteiger partial charge on any atom is -0.456 e. The van der Waals surface area contributed by atoms with Gasteiger partial charge in [-0.3, -0.25) is 4.79 Å². The Balaban J connectivity index is 2.16. The van der Waals surface area contributed by atoms with Crippen molar-refractivity contribution in [1.82, 2.24) is 0 Å². The van der Waals surface area contributed by atoms with Crippen LogP contribution in [0.1, 0.15) is 26.7 Å². The lowest BCUT2D eigenvalue weighted by Gasteiger charge is -2.47. The third-order valence-corrected chi connectivity index (χ3v) is 5.38. The average Bonchev–Trinajstić information content (AvgIpc) is 2.60. The number of carbonyl (C=O) groups is 2. The summed E-state index contributed by atoms with van der Waals surface area (Å²) in [6.07, 6.45) is -3.78. The first-order valence-corrected chi connectivity index (χ1v) is 9.21. The van der Waals surface area contributed by atoms with Crippen LogP contribution in [0, 0.1) is 0 Å². The van der Waals surface area contributed by atoms with E-state index in [1.54, 1.807) is 0 Å². The van der Waals surface area contributed by atoms with E-state index in [1.807, 2.05) is 30.3 Å². The highest BCUT2D eigenvalue weighted by Gasteiger charge is 2.54. The van der Waals surface area contributed by atoms with E-state index < -0.39 is 41.9 Å². The first-order valence-electron chi connectivity index (χ1n) is 8.33. The van der Waals surface area contributed by atoms with Gasteiger partial charge < -0.3 is 29.6 Å². The van der Waals surface area contributed by atoms with Gasteiger partial charge in [0.25, 0.3) is 0 Å². The lowest BCUT2D eigenvalue weighted by Crippen LogP contribution is -2.65. The molecule has 1 aliphatic rings. The van der Waals surface area contributed by atoms with Gasteiger partial charge in [0.1, 0.15) is 29.0 Å². The summed E-state index contributed by atoms with van der Waals surface area (Å²) in [5, 5.41) is 30.9. The summed E-state index contributed by atoms with van der Waals surface area (Å²) in [6.45, 7) is 2.19. The van der Waals surface area contributed by atoms with Crippen molar-refractivity contribution in [2.24, 2.45) is 0 Å². The maximum Gasteiger partial charge on any atom is 0.306 e. The molecule has 3 N–H and O–H groups in total. The molecule has 0 unspecified atom stereocenters. The molecule has 8 heteroatoms. The van der Waals surface area contributed by atoms with Crippen molar-refractivity contribution in [2.45, 2.75) is 60.9 Å². The van der Waals surface area contributed by atoms with E-state index in [9.17, 15) is 24.9 Å². The summed E-state index contributed by atoms with van der Waals surface area (Å²) in [5.41, 5.74) is -2.63. The standard InChI is InChI=1S/C18H24O7S/c1-11(20)8-9-14(21)25-16-15(22)17(24-13(10-19)18(16,2)23)26-12-6-4-3-5-7-12/h3-7,13,15-17,19,22-23H,8-10H2,1-2H3/t13-,15-,16-,17+,18-/m1/s1. The summed E-state index contributed by atoms with van der Waals surface area (Å²) in [4.78, 5) is 23.8. The van der Waals surface area contributed by atoms with Crippen LogP contribution in [0.4, 0.5) is 0 Å². The molecular weight excluding hydrogens is 360 g/mol. The summed E-state index contributed by atoms with van der Waals surface area (Å²) in [5.74, 6) is -0.862. The molecule has 0 aliphatic carbocycles. The molecule has 0 radical (unpaired) electrons. The lowest BCUT2D eigenvalue weighted by atomic mass is 9.86. The first kappa shape index (κ1) is 20.9.